The van der Waals surface area contributed by atoms with Crippen LogP contribution < -0.4 is 15.0 Å². The number of rotatable bonds is 4. The highest BCUT2D eigenvalue weighted by Crippen LogP contribution is 2.34. The molecular weight excluding hydrogens is 354 g/mol. The molecule has 4 rings (SSSR count). The second-order valence-corrected chi connectivity index (χ2v) is 6.82. The van der Waals surface area contributed by atoms with Crippen LogP contribution in [0.4, 0.5) is 11.4 Å². The summed E-state index contributed by atoms with van der Waals surface area (Å²) in [5, 5.41) is 3.73. The Balaban J connectivity index is 1.64. The first kappa shape index (κ1) is 18.0. The molecule has 28 heavy (non-hydrogen) atoms. The van der Waals surface area contributed by atoms with Crippen LogP contribution in [0.15, 0.2) is 48.5 Å². The molecule has 2 aromatic carbocycles. The molecule has 1 aromatic heterocycles. The second-order valence-electron chi connectivity index (χ2n) is 6.82. The average molecular weight is 375 g/mol. The topological polar surface area (TPSA) is 71.5 Å². The quantitative estimate of drug-likeness (QED) is 0.750. The lowest BCUT2D eigenvalue weighted by Crippen LogP contribution is -2.24. The lowest BCUT2D eigenvalue weighted by molar-refractivity contribution is -0.117. The van der Waals surface area contributed by atoms with E-state index in [1.165, 1.54) is 0 Å². The molecule has 2 heterocycles. The summed E-state index contributed by atoms with van der Waals surface area (Å²) >= 11 is 0. The Hall–Kier alpha value is -3.41. The van der Waals surface area contributed by atoms with Crippen molar-refractivity contribution in [2.45, 2.75) is 19.8 Å². The Bertz CT molecular complexity index is 1080. The molecular formula is C22H21N3O3. The van der Waals surface area contributed by atoms with E-state index in [2.05, 4.69) is 10.3 Å². The summed E-state index contributed by atoms with van der Waals surface area (Å²) in [7, 11) is 1.56. The van der Waals surface area contributed by atoms with E-state index in [9.17, 15) is 9.59 Å². The maximum atomic E-state index is 12.9. The third-order valence-corrected chi connectivity index (χ3v) is 4.89. The molecule has 142 valence electrons. The highest BCUT2D eigenvalue weighted by molar-refractivity contribution is 6.12. The van der Waals surface area contributed by atoms with Gasteiger partial charge in [0.15, 0.2) is 0 Å². The average Bonchev–Trinajstić information content (AvgIpc) is 3.12. The van der Waals surface area contributed by atoms with Crippen LogP contribution in [0.3, 0.4) is 0 Å². The fourth-order valence-corrected chi connectivity index (χ4v) is 3.58. The third-order valence-electron chi connectivity index (χ3n) is 4.89. The summed E-state index contributed by atoms with van der Waals surface area (Å²) in [5.74, 6) is 0.436. The van der Waals surface area contributed by atoms with Crippen molar-refractivity contribution >= 4 is 34.1 Å². The minimum Gasteiger partial charge on any atom is -0.494 e. The van der Waals surface area contributed by atoms with Crippen LogP contribution in [0.1, 0.15) is 28.9 Å². The SMILES string of the molecule is COc1cc(NC(=O)c2cc(C)nc3ccccc23)ccc1N1CCCC1=O. The number of benzene rings is 2. The van der Waals surface area contributed by atoms with Crippen molar-refractivity contribution in [1.82, 2.24) is 4.98 Å². The van der Waals surface area contributed by atoms with Gasteiger partial charge >= 0.3 is 0 Å². The lowest BCUT2D eigenvalue weighted by atomic mass is 10.1. The monoisotopic (exact) mass is 375 g/mol. The summed E-state index contributed by atoms with van der Waals surface area (Å²) < 4.78 is 5.47. The molecule has 0 atom stereocenters. The Kier molecular flexibility index (Phi) is 4.69. The number of hydrogen-bond acceptors (Lipinski definition) is 4. The van der Waals surface area contributed by atoms with Crippen molar-refractivity contribution in [3.05, 3.63) is 59.8 Å². The number of carbonyl (C=O) groups is 2. The van der Waals surface area contributed by atoms with E-state index >= 15 is 0 Å². The molecule has 0 spiro atoms. The number of pyridine rings is 1. The number of para-hydroxylation sites is 1. The van der Waals surface area contributed by atoms with Gasteiger partial charge in [0.25, 0.3) is 5.91 Å². The highest BCUT2D eigenvalue weighted by atomic mass is 16.5. The van der Waals surface area contributed by atoms with Crippen LogP contribution in [0.2, 0.25) is 0 Å². The van der Waals surface area contributed by atoms with Gasteiger partial charge in [-0.05, 0) is 37.6 Å². The molecule has 1 N–H and O–H groups in total. The Morgan fingerprint density at radius 3 is 2.75 bits per heavy atom. The molecule has 6 heteroatoms. The number of amides is 2. The molecule has 0 bridgehead atoms. The molecule has 1 aliphatic rings. The smallest absolute Gasteiger partial charge is 0.256 e. The maximum absolute atomic E-state index is 12.9. The number of fused-ring (bicyclic) bond motifs is 1. The van der Waals surface area contributed by atoms with Gasteiger partial charge in [-0.3, -0.25) is 14.6 Å². The van der Waals surface area contributed by atoms with Crippen molar-refractivity contribution in [3.63, 3.8) is 0 Å². The van der Waals surface area contributed by atoms with Gasteiger partial charge in [-0.1, -0.05) is 18.2 Å². The molecule has 6 nitrogen and oxygen atoms in total. The predicted octanol–water partition coefficient (Wildman–Crippen LogP) is 3.93. The highest BCUT2D eigenvalue weighted by Gasteiger charge is 2.24. The molecule has 1 fully saturated rings. The van der Waals surface area contributed by atoms with Gasteiger partial charge in [-0.2, -0.15) is 0 Å². The summed E-state index contributed by atoms with van der Waals surface area (Å²) in [5.41, 5.74) is 3.47. The number of aryl methyl sites for hydroxylation is 1. The minimum absolute atomic E-state index is 0.0915. The molecule has 1 saturated heterocycles. The van der Waals surface area contributed by atoms with Crippen LogP contribution in [0, 0.1) is 6.92 Å². The molecule has 2 amide bonds. The number of nitrogens with one attached hydrogen (secondary N) is 1. The van der Waals surface area contributed by atoms with Crippen molar-refractivity contribution in [1.29, 1.82) is 0 Å². The third kappa shape index (κ3) is 3.29. The number of carbonyl (C=O) groups excluding carboxylic acids is 2. The number of ether oxygens (including phenoxy) is 1. The van der Waals surface area contributed by atoms with Gasteiger partial charge in [0.1, 0.15) is 5.75 Å². The van der Waals surface area contributed by atoms with Gasteiger partial charge in [-0.25, -0.2) is 0 Å². The minimum atomic E-state index is -0.214. The second kappa shape index (κ2) is 7.31. The molecule has 0 radical (unpaired) electrons. The Labute approximate surface area is 163 Å². The van der Waals surface area contributed by atoms with E-state index in [1.54, 1.807) is 30.2 Å². The fourth-order valence-electron chi connectivity index (χ4n) is 3.58. The van der Waals surface area contributed by atoms with Crippen LogP contribution >= 0.6 is 0 Å². The van der Waals surface area contributed by atoms with Gasteiger partial charge in [0.05, 0.1) is 23.9 Å². The van der Waals surface area contributed by atoms with E-state index in [1.807, 2.05) is 37.3 Å². The van der Waals surface area contributed by atoms with Gasteiger partial charge in [0, 0.05) is 35.8 Å². The van der Waals surface area contributed by atoms with Crippen LogP contribution in [-0.4, -0.2) is 30.5 Å². The molecule has 1 aliphatic heterocycles. The van der Waals surface area contributed by atoms with Crippen LogP contribution in [-0.2, 0) is 4.79 Å². The Morgan fingerprint density at radius 2 is 2.00 bits per heavy atom. The maximum Gasteiger partial charge on any atom is 0.256 e. The van der Waals surface area contributed by atoms with E-state index in [4.69, 9.17) is 4.74 Å². The van der Waals surface area contributed by atoms with Crippen molar-refractivity contribution in [2.75, 3.05) is 23.9 Å². The zero-order valence-electron chi connectivity index (χ0n) is 15.9. The number of aromatic nitrogens is 1. The van der Waals surface area contributed by atoms with Gasteiger partial charge in [0.2, 0.25) is 5.91 Å². The molecule has 3 aromatic rings. The predicted molar refractivity (Wildman–Crippen MR) is 109 cm³/mol. The molecule has 0 aliphatic carbocycles. The lowest BCUT2D eigenvalue weighted by Gasteiger charge is -2.19. The first-order chi connectivity index (χ1) is 13.6. The first-order valence-electron chi connectivity index (χ1n) is 9.23. The summed E-state index contributed by atoms with van der Waals surface area (Å²) in [6, 6.07) is 14.7. The summed E-state index contributed by atoms with van der Waals surface area (Å²) in [6.07, 6.45) is 1.39. The number of nitrogens with zero attached hydrogens (tertiary/aromatic N) is 2. The van der Waals surface area contributed by atoms with Crippen molar-refractivity contribution < 1.29 is 14.3 Å². The summed E-state index contributed by atoms with van der Waals surface area (Å²) in [6.45, 7) is 2.55. The standard InChI is InChI=1S/C22H21N3O3/c1-14-12-17(16-6-3-4-7-18(16)23-14)22(27)24-15-9-10-19(20(13-15)28-2)25-11-5-8-21(25)26/h3-4,6-7,9-10,12-13H,5,8,11H2,1-2H3,(H,24,27). The van der Waals surface area contributed by atoms with E-state index in [0.29, 0.717) is 30.0 Å². The van der Waals surface area contributed by atoms with E-state index in [-0.39, 0.29) is 11.8 Å². The van der Waals surface area contributed by atoms with E-state index < -0.39 is 0 Å². The van der Waals surface area contributed by atoms with Crippen LogP contribution in [0.25, 0.3) is 10.9 Å². The zero-order valence-corrected chi connectivity index (χ0v) is 15.9. The van der Waals surface area contributed by atoms with E-state index in [0.717, 1.165) is 28.7 Å². The van der Waals surface area contributed by atoms with Crippen molar-refractivity contribution in [3.8, 4) is 5.75 Å². The molecule has 0 unspecified atom stereocenters. The zero-order chi connectivity index (χ0) is 19.7. The van der Waals surface area contributed by atoms with Gasteiger partial charge < -0.3 is 15.0 Å². The fraction of sp³-hybridized carbons (Fsp3) is 0.227. The first-order valence-corrected chi connectivity index (χ1v) is 9.23. The largest absolute Gasteiger partial charge is 0.494 e. The number of hydrogen-bond donors (Lipinski definition) is 1. The number of methoxy groups -OCH3 is 1. The molecule has 0 saturated carbocycles. The summed E-state index contributed by atoms with van der Waals surface area (Å²) in [4.78, 5) is 31.2. The normalized spacial score (nSPS) is 13.8. The van der Waals surface area contributed by atoms with Gasteiger partial charge in [-0.15, -0.1) is 0 Å². The van der Waals surface area contributed by atoms with Crippen LogP contribution in [0.5, 0.6) is 5.75 Å². The van der Waals surface area contributed by atoms with Crippen molar-refractivity contribution in [2.24, 2.45) is 0 Å². The Morgan fingerprint density at radius 1 is 1.18 bits per heavy atom. The number of anilines is 2.